The number of rotatable bonds is 9. The summed E-state index contributed by atoms with van der Waals surface area (Å²) in [7, 11) is -3.32. The molecule has 0 atom stereocenters. The van der Waals surface area contributed by atoms with Crippen molar-refractivity contribution in [2.75, 3.05) is 26.2 Å². The Labute approximate surface area is 99.6 Å². The van der Waals surface area contributed by atoms with E-state index >= 15 is 0 Å². The third kappa shape index (κ3) is 6.42. The van der Waals surface area contributed by atoms with Gasteiger partial charge in [0, 0.05) is 19.6 Å². The van der Waals surface area contributed by atoms with Gasteiger partial charge in [-0.3, -0.25) is 0 Å². The molecule has 0 radical (unpaired) electrons. The largest absolute Gasteiger partial charge is 0.330 e. The maximum absolute atomic E-state index is 11.9. The summed E-state index contributed by atoms with van der Waals surface area (Å²) in [5.74, 6) is 0.316. The van der Waals surface area contributed by atoms with Crippen LogP contribution < -0.4 is 10.5 Å². The highest BCUT2D eigenvalue weighted by atomic mass is 32.2. The molecule has 0 spiro atoms. The van der Waals surface area contributed by atoms with Crippen molar-refractivity contribution in [3.63, 3.8) is 0 Å². The normalized spacial score (nSPS) is 12.6. The molecule has 0 bridgehead atoms. The van der Waals surface area contributed by atoms with E-state index in [1.807, 2.05) is 20.8 Å². The van der Waals surface area contributed by atoms with Crippen LogP contribution in [0.2, 0.25) is 0 Å². The molecule has 6 heteroatoms. The fourth-order valence-electron chi connectivity index (χ4n) is 1.31. The maximum Gasteiger partial charge on any atom is 0.279 e. The molecule has 0 aliphatic rings. The van der Waals surface area contributed by atoms with Crippen LogP contribution >= 0.6 is 0 Å². The fourth-order valence-corrected chi connectivity index (χ4v) is 2.82. The number of nitrogens with two attached hydrogens (primary N) is 1. The minimum absolute atomic E-state index is 0.316. The van der Waals surface area contributed by atoms with E-state index in [4.69, 9.17) is 5.73 Å². The maximum atomic E-state index is 11.9. The molecule has 0 fully saturated rings. The molecule has 0 saturated heterocycles. The minimum atomic E-state index is -3.32. The molecule has 0 aromatic heterocycles. The monoisotopic (exact) mass is 251 g/mol. The minimum Gasteiger partial charge on any atom is -0.330 e. The van der Waals surface area contributed by atoms with Crippen LogP contribution in [-0.2, 0) is 10.2 Å². The number of nitrogens with zero attached hydrogens (tertiary/aromatic N) is 1. The second kappa shape index (κ2) is 8.00. The Morgan fingerprint density at radius 2 is 2.00 bits per heavy atom. The average Bonchev–Trinajstić information content (AvgIpc) is 2.20. The zero-order valence-electron chi connectivity index (χ0n) is 10.6. The van der Waals surface area contributed by atoms with Crippen LogP contribution in [0.1, 0.15) is 33.6 Å². The van der Waals surface area contributed by atoms with E-state index < -0.39 is 10.2 Å². The summed E-state index contributed by atoms with van der Waals surface area (Å²) in [6.07, 6.45) is 1.49. The Kier molecular flexibility index (Phi) is 7.91. The highest BCUT2D eigenvalue weighted by Crippen LogP contribution is 2.05. The van der Waals surface area contributed by atoms with E-state index in [-0.39, 0.29) is 0 Å². The van der Waals surface area contributed by atoms with Gasteiger partial charge in [-0.25, -0.2) is 4.72 Å². The first-order valence-electron chi connectivity index (χ1n) is 5.88. The van der Waals surface area contributed by atoms with Crippen LogP contribution in [0.4, 0.5) is 0 Å². The second-order valence-corrected chi connectivity index (χ2v) is 6.05. The molecule has 0 saturated carbocycles. The summed E-state index contributed by atoms with van der Waals surface area (Å²) < 4.78 is 27.9. The Morgan fingerprint density at radius 3 is 2.44 bits per heavy atom. The van der Waals surface area contributed by atoms with Crippen LogP contribution in [0, 0.1) is 5.92 Å². The van der Waals surface area contributed by atoms with Gasteiger partial charge in [0.1, 0.15) is 0 Å². The van der Waals surface area contributed by atoms with Crippen LogP contribution in [0.15, 0.2) is 0 Å². The van der Waals surface area contributed by atoms with E-state index in [1.165, 1.54) is 4.31 Å². The smallest absolute Gasteiger partial charge is 0.279 e. The lowest BCUT2D eigenvalue weighted by atomic mass is 10.2. The van der Waals surface area contributed by atoms with Crippen molar-refractivity contribution >= 4 is 10.2 Å². The zero-order chi connectivity index (χ0) is 12.6. The third-order valence-corrected chi connectivity index (χ3v) is 3.64. The Balaban J connectivity index is 4.46. The van der Waals surface area contributed by atoms with E-state index in [0.29, 0.717) is 38.5 Å². The first-order valence-corrected chi connectivity index (χ1v) is 7.32. The standard InChI is InChI=1S/C10H25N3O2S/c1-4-7-12-16(14,15)13(8-5-6-11)9-10(2)3/h10,12H,4-9,11H2,1-3H3. The van der Waals surface area contributed by atoms with Crippen molar-refractivity contribution in [1.29, 1.82) is 0 Å². The second-order valence-electron chi connectivity index (χ2n) is 4.29. The Bertz CT molecular complexity index is 265. The summed E-state index contributed by atoms with van der Waals surface area (Å²) in [4.78, 5) is 0. The molecule has 0 rings (SSSR count). The molecule has 5 nitrogen and oxygen atoms in total. The van der Waals surface area contributed by atoms with E-state index in [0.717, 1.165) is 6.42 Å². The molecule has 0 aromatic rings. The predicted molar refractivity (Wildman–Crippen MR) is 67.3 cm³/mol. The van der Waals surface area contributed by atoms with Gasteiger partial charge in [-0.05, 0) is 25.3 Å². The van der Waals surface area contributed by atoms with Gasteiger partial charge in [-0.15, -0.1) is 0 Å². The van der Waals surface area contributed by atoms with Crippen molar-refractivity contribution in [3.8, 4) is 0 Å². The van der Waals surface area contributed by atoms with Gasteiger partial charge in [-0.2, -0.15) is 12.7 Å². The topological polar surface area (TPSA) is 75.4 Å². The molecule has 16 heavy (non-hydrogen) atoms. The molecule has 0 unspecified atom stereocenters. The number of nitrogens with one attached hydrogen (secondary N) is 1. The summed E-state index contributed by atoms with van der Waals surface area (Å²) in [5.41, 5.74) is 5.41. The van der Waals surface area contributed by atoms with Gasteiger partial charge in [0.25, 0.3) is 10.2 Å². The number of hydrogen-bond acceptors (Lipinski definition) is 3. The molecular formula is C10H25N3O2S. The SMILES string of the molecule is CCCNS(=O)(=O)N(CCCN)CC(C)C. The zero-order valence-corrected chi connectivity index (χ0v) is 11.4. The Morgan fingerprint density at radius 1 is 1.38 bits per heavy atom. The van der Waals surface area contributed by atoms with E-state index in [9.17, 15) is 8.42 Å². The summed E-state index contributed by atoms with van der Waals surface area (Å²) in [6.45, 7) is 7.98. The lowest BCUT2D eigenvalue weighted by molar-refractivity contribution is 0.358. The molecule has 0 amide bonds. The van der Waals surface area contributed by atoms with E-state index in [1.54, 1.807) is 0 Å². The lowest BCUT2D eigenvalue weighted by Gasteiger charge is -2.23. The molecule has 0 aliphatic heterocycles. The highest BCUT2D eigenvalue weighted by molar-refractivity contribution is 7.87. The van der Waals surface area contributed by atoms with Gasteiger partial charge in [-0.1, -0.05) is 20.8 Å². The summed E-state index contributed by atoms with van der Waals surface area (Å²) in [6, 6.07) is 0. The first-order chi connectivity index (χ1) is 7.44. The predicted octanol–water partition coefficient (Wildman–Crippen LogP) is 0.538. The number of hydrogen-bond donors (Lipinski definition) is 2. The third-order valence-electron chi connectivity index (χ3n) is 2.05. The van der Waals surface area contributed by atoms with Crippen LogP contribution in [0.25, 0.3) is 0 Å². The van der Waals surface area contributed by atoms with Gasteiger partial charge >= 0.3 is 0 Å². The van der Waals surface area contributed by atoms with Gasteiger partial charge in [0.15, 0.2) is 0 Å². The van der Waals surface area contributed by atoms with Crippen molar-refractivity contribution in [3.05, 3.63) is 0 Å². The van der Waals surface area contributed by atoms with Crippen molar-refractivity contribution in [1.82, 2.24) is 9.03 Å². The molecule has 3 N–H and O–H groups in total. The average molecular weight is 251 g/mol. The van der Waals surface area contributed by atoms with Crippen molar-refractivity contribution < 1.29 is 8.42 Å². The van der Waals surface area contributed by atoms with Gasteiger partial charge in [0.2, 0.25) is 0 Å². The first kappa shape index (κ1) is 15.8. The molecule has 0 aliphatic carbocycles. The van der Waals surface area contributed by atoms with Crippen LogP contribution in [0.3, 0.4) is 0 Å². The molecule has 0 aromatic carbocycles. The van der Waals surface area contributed by atoms with Crippen molar-refractivity contribution in [2.24, 2.45) is 11.7 Å². The van der Waals surface area contributed by atoms with E-state index in [2.05, 4.69) is 4.72 Å². The fraction of sp³-hybridized carbons (Fsp3) is 1.00. The molecule has 98 valence electrons. The van der Waals surface area contributed by atoms with Crippen LogP contribution in [-0.4, -0.2) is 38.9 Å². The highest BCUT2D eigenvalue weighted by Gasteiger charge is 2.21. The van der Waals surface area contributed by atoms with Gasteiger partial charge in [0.05, 0.1) is 0 Å². The molecular weight excluding hydrogens is 226 g/mol. The Hall–Kier alpha value is -0.170. The lowest BCUT2D eigenvalue weighted by Crippen LogP contribution is -2.43. The quantitative estimate of drug-likeness (QED) is 0.628. The van der Waals surface area contributed by atoms with Crippen LogP contribution in [0.5, 0.6) is 0 Å². The molecule has 0 heterocycles. The van der Waals surface area contributed by atoms with Crippen molar-refractivity contribution in [2.45, 2.75) is 33.6 Å². The van der Waals surface area contributed by atoms with Gasteiger partial charge < -0.3 is 5.73 Å². The summed E-state index contributed by atoms with van der Waals surface area (Å²) in [5, 5.41) is 0. The summed E-state index contributed by atoms with van der Waals surface area (Å²) >= 11 is 0.